The minimum Gasteiger partial charge on any atom is -0.328 e. The van der Waals surface area contributed by atoms with Gasteiger partial charge in [-0.05, 0) is 18.2 Å². The number of aryl methyl sites for hydroxylation is 1. The third-order valence-electron chi connectivity index (χ3n) is 4.85. The van der Waals surface area contributed by atoms with Crippen LogP contribution in [0.15, 0.2) is 53.6 Å². The fraction of sp³-hybridized carbons (Fsp3) is 0.143. The van der Waals surface area contributed by atoms with E-state index in [1.165, 1.54) is 12.3 Å². The smallest absolute Gasteiger partial charge is 0.284 e. The number of nitrogens with zero attached hydrogens (tertiary/aromatic N) is 6. The summed E-state index contributed by atoms with van der Waals surface area (Å²) in [4.78, 5) is 32.5. The molecule has 8 nitrogen and oxygen atoms in total. The Balaban J connectivity index is 1.68. The highest BCUT2D eigenvalue weighted by atomic mass is 19.1. The maximum Gasteiger partial charge on any atom is 0.284 e. The van der Waals surface area contributed by atoms with Crippen LogP contribution >= 0.6 is 0 Å². The van der Waals surface area contributed by atoms with E-state index in [0.717, 1.165) is 5.39 Å². The lowest BCUT2D eigenvalue weighted by atomic mass is 10.2. The van der Waals surface area contributed by atoms with Gasteiger partial charge in [-0.1, -0.05) is 25.1 Å². The van der Waals surface area contributed by atoms with E-state index in [9.17, 15) is 9.18 Å². The van der Waals surface area contributed by atoms with Gasteiger partial charge in [0.05, 0.1) is 11.9 Å². The van der Waals surface area contributed by atoms with Crippen molar-refractivity contribution in [1.29, 1.82) is 0 Å². The van der Waals surface area contributed by atoms with Crippen molar-refractivity contribution < 1.29 is 4.39 Å². The normalized spacial score (nSPS) is 11.4. The third kappa shape index (κ3) is 3.00. The largest absolute Gasteiger partial charge is 0.328 e. The second-order valence-electron chi connectivity index (χ2n) is 6.77. The molecule has 0 atom stereocenters. The van der Waals surface area contributed by atoms with Gasteiger partial charge in [-0.2, -0.15) is 10.1 Å². The van der Waals surface area contributed by atoms with Crippen LogP contribution in [-0.2, 0) is 13.0 Å². The quantitative estimate of drug-likeness (QED) is 0.497. The van der Waals surface area contributed by atoms with E-state index in [4.69, 9.17) is 0 Å². The first kappa shape index (κ1) is 18.0. The Kier molecular flexibility index (Phi) is 4.27. The summed E-state index contributed by atoms with van der Waals surface area (Å²) in [7, 11) is 0. The molecular weight excluding hydrogens is 385 g/mol. The molecule has 0 saturated heterocycles. The van der Waals surface area contributed by atoms with Gasteiger partial charge in [-0.15, -0.1) is 0 Å². The SMILES string of the molecule is CCc1nc(=O)c2cnc(-c3nn(Cc4ccccc4F)c4ncccc34)nc2[nH]1. The van der Waals surface area contributed by atoms with E-state index in [2.05, 4.69) is 30.0 Å². The Morgan fingerprint density at radius 1 is 1.07 bits per heavy atom. The fourth-order valence-electron chi connectivity index (χ4n) is 3.34. The van der Waals surface area contributed by atoms with Crippen LogP contribution in [0.3, 0.4) is 0 Å². The van der Waals surface area contributed by atoms with E-state index in [1.54, 1.807) is 35.1 Å². The first-order valence-electron chi connectivity index (χ1n) is 9.45. The van der Waals surface area contributed by atoms with Gasteiger partial charge in [-0.3, -0.25) is 4.79 Å². The number of rotatable bonds is 4. The molecule has 0 aliphatic heterocycles. The molecule has 0 radical (unpaired) electrons. The molecule has 1 aromatic carbocycles. The summed E-state index contributed by atoms with van der Waals surface area (Å²) in [6.45, 7) is 2.12. The van der Waals surface area contributed by atoms with Gasteiger partial charge in [-0.25, -0.2) is 24.0 Å². The number of hydrogen-bond acceptors (Lipinski definition) is 6. The Labute approximate surface area is 169 Å². The molecule has 0 aliphatic rings. The summed E-state index contributed by atoms with van der Waals surface area (Å²) < 4.78 is 15.8. The van der Waals surface area contributed by atoms with Crippen molar-refractivity contribution in [2.45, 2.75) is 19.9 Å². The van der Waals surface area contributed by atoms with E-state index >= 15 is 0 Å². The molecule has 0 fully saturated rings. The number of halogens is 1. The molecule has 30 heavy (non-hydrogen) atoms. The molecule has 0 unspecified atom stereocenters. The highest BCUT2D eigenvalue weighted by Gasteiger charge is 2.17. The zero-order chi connectivity index (χ0) is 20.7. The van der Waals surface area contributed by atoms with Crippen molar-refractivity contribution in [2.24, 2.45) is 0 Å². The van der Waals surface area contributed by atoms with Crippen LogP contribution in [0.4, 0.5) is 4.39 Å². The predicted molar refractivity (Wildman–Crippen MR) is 109 cm³/mol. The maximum absolute atomic E-state index is 14.2. The molecule has 4 heterocycles. The average Bonchev–Trinajstić information content (AvgIpc) is 3.13. The highest BCUT2D eigenvalue weighted by molar-refractivity contribution is 5.90. The minimum absolute atomic E-state index is 0.217. The standard InChI is InChI=1S/C21H16FN7O/c1-2-16-25-18-14(21(30)26-16)10-24-19(27-18)17-13-7-5-9-23-20(13)29(28-17)11-12-6-3-4-8-15(12)22/h3-10H,2,11H2,1H3,(H,24,25,26,27,30). The number of aromatic nitrogens is 7. The summed E-state index contributed by atoms with van der Waals surface area (Å²) in [6.07, 6.45) is 3.68. The van der Waals surface area contributed by atoms with Crippen molar-refractivity contribution in [3.05, 3.63) is 76.4 Å². The molecule has 0 amide bonds. The van der Waals surface area contributed by atoms with E-state index in [1.807, 2.05) is 13.0 Å². The zero-order valence-corrected chi connectivity index (χ0v) is 16.0. The number of H-pyrrole nitrogens is 1. The number of benzene rings is 1. The van der Waals surface area contributed by atoms with Crippen LogP contribution in [0, 0.1) is 5.82 Å². The minimum atomic E-state index is -0.372. The van der Waals surface area contributed by atoms with Crippen LogP contribution in [0.25, 0.3) is 33.6 Å². The Morgan fingerprint density at radius 2 is 1.93 bits per heavy atom. The van der Waals surface area contributed by atoms with Gasteiger partial charge in [0.1, 0.15) is 28.4 Å². The van der Waals surface area contributed by atoms with Gasteiger partial charge in [0.2, 0.25) is 0 Å². The van der Waals surface area contributed by atoms with Crippen LogP contribution in [0.2, 0.25) is 0 Å². The van der Waals surface area contributed by atoms with E-state index < -0.39 is 0 Å². The number of pyridine rings is 1. The van der Waals surface area contributed by atoms with Crippen molar-refractivity contribution in [1.82, 2.24) is 34.7 Å². The number of aromatic amines is 1. The summed E-state index contributed by atoms with van der Waals surface area (Å²) in [5.74, 6) is 0.586. The average molecular weight is 401 g/mol. The molecule has 0 saturated carbocycles. The highest BCUT2D eigenvalue weighted by Crippen LogP contribution is 2.25. The van der Waals surface area contributed by atoms with Gasteiger partial charge in [0.25, 0.3) is 5.56 Å². The summed E-state index contributed by atoms with van der Waals surface area (Å²) >= 11 is 0. The zero-order valence-electron chi connectivity index (χ0n) is 16.0. The summed E-state index contributed by atoms with van der Waals surface area (Å²) in [6, 6.07) is 10.2. The summed E-state index contributed by atoms with van der Waals surface area (Å²) in [5.41, 5.74) is 1.63. The molecule has 5 aromatic rings. The molecule has 1 N–H and O–H groups in total. The molecule has 0 spiro atoms. The monoisotopic (exact) mass is 401 g/mol. The van der Waals surface area contributed by atoms with Gasteiger partial charge in [0.15, 0.2) is 11.5 Å². The first-order chi connectivity index (χ1) is 14.6. The predicted octanol–water partition coefficient (Wildman–Crippen LogP) is 2.87. The molecule has 4 aromatic heterocycles. The topological polar surface area (TPSA) is 102 Å². The van der Waals surface area contributed by atoms with Crippen LogP contribution < -0.4 is 5.56 Å². The first-order valence-corrected chi connectivity index (χ1v) is 9.45. The molecule has 0 aliphatic carbocycles. The number of fused-ring (bicyclic) bond motifs is 2. The molecule has 148 valence electrons. The van der Waals surface area contributed by atoms with Crippen molar-refractivity contribution in [2.75, 3.05) is 0 Å². The second-order valence-corrected chi connectivity index (χ2v) is 6.77. The van der Waals surface area contributed by atoms with Crippen LogP contribution in [0.1, 0.15) is 18.3 Å². The Bertz CT molecular complexity index is 1460. The molecule has 5 rings (SSSR count). The van der Waals surface area contributed by atoms with E-state index in [0.29, 0.717) is 46.0 Å². The van der Waals surface area contributed by atoms with Crippen molar-refractivity contribution >= 4 is 22.1 Å². The second kappa shape index (κ2) is 7.11. The Morgan fingerprint density at radius 3 is 2.77 bits per heavy atom. The lowest BCUT2D eigenvalue weighted by Crippen LogP contribution is -2.13. The lowest BCUT2D eigenvalue weighted by molar-refractivity contribution is 0.589. The van der Waals surface area contributed by atoms with Gasteiger partial charge >= 0.3 is 0 Å². The van der Waals surface area contributed by atoms with Crippen molar-refractivity contribution in [3.63, 3.8) is 0 Å². The van der Waals surface area contributed by atoms with Gasteiger partial charge < -0.3 is 4.98 Å². The van der Waals surface area contributed by atoms with Crippen LogP contribution in [-0.4, -0.2) is 34.7 Å². The number of hydrogen-bond donors (Lipinski definition) is 1. The molecule has 0 bridgehead atoms. The van der Waals surface area contributed by atoms with E-state index in [-0.39, 0.29) is 17.9 Å². The molecule has 9 heteroatoms. The lowest BCUT2D eigenvalue weighted by Gasteiger charge is -2.04. The maximum atomic E-state index is 14.2. The Hall–Kier alpha value is -4.01. The van der Waals surface area contributed by atoms with Gasteiger partial charge in [0, 0.05) is 24.4 Å². The number of nitrogens with one attached hydrogen (secondary N) is 1. The third-order valence-corrected chi connectivity index (χ3v) is 4.85. The van der Waals surface area contributed by atoms with Crippen molar-refractivity contribution in [3.8, 4) is 11.5 Å². The summed E-state index contributed by atoms with van der Waals surface area (Å²) in [5, 5.41) is 5.67. The fourth-order valence-corrected chi connectivity index (χ4v) is 3.34. The van der Waals surface area contributed by atoms with Crippen LogP contribution in [0.5, 0.6) is 0 Å². The molecular formula is C21H16FN7O.